The molecule has 2 N–H and O–H groups in total. The molecule has 0 heterocycles. The van der Waals surface area contributed by atoms with Gasteiger partial charge in [0.15, 0.2) is 10.9 Å². The van der Waals surface area contributed by atoms with E-state index in [-0.39, 0.29) is 0 Å². The van der Waals surface area contributed by atoms with Gasteiger partial charge in [-0.2, -0.15) is 0 Å². The van der Waals surface area contributed by atoms with Gasteiger partial charge in [0.2, 0.25) is 0 Å². The zero-order valence-electron chi connectivity index (χ0n) is 7.17. The van der Waals surface area contributed by atoms with Crippen LogP contribution in [0.1, 0.15) is 39.5 Å². The molecular formula is C7H17NO2S. The Kier molecular flexibility index (Phi) is 4.68. The summed E-state index contributed by atoms with van der Waals surface area (Å²) >= 11 is 0. The van der Waals surface area contributed by atoms with Crippen LogP contribution in [0.25, 0.3) is 0 Å². The lowest BCUT2D eigenvalue weighted by molar-refractivity contribution is 0.474. The highest BCUT2D eigenvalue weighted by Crippen LogP contribution is 2.51. The summed E-state index contributed by atoms with van der Waals surface area (Å²) in [5.74, 6) is 0. The first-order valence-electron chi connectivity index (χ1n) is 3.95. The number of nitrogens with two attached hydrogens (primary N) is 1. The van der Waals surface area contributed by atoms with Crippen LogP contribution < -0.4 is 5.14 Å². The fourth-order valence-corrected chi connectivity index (χ4v) is 1.13. The lowest BCUT2D eigenvalue weighted by atomic mass is 10.0. The quantitative estimate of drug-likeness (QED) is 0.623. The highest BCUT2D eigenvalue weighted by Gasteiger charge is 2.37. The molecule has 68 valence electrons. The average molecular weight is 179 g/mol. The Morgan fingerprint density at radius 1 is 1.27 bits per heavy atom. The van der Waals surface area contributed by atoms with Crippen molar-refractivity contribution in [2.24, 2.45) is 10.6 Å². The smallest absolute Gasteiger partial charge is 0.198 e. The predicted octanol–water partition coefficient (Wildman–Crippen LogP) is 1.06. The Labute approximate surface area is 70.1 Å². The van der Waals surface area contributed by atoms with E-state index in [0.29, 0.717) is 0 Å². The zero-order valence-corrected chi connectivity index (χ0v) is 8.06. The van der Waals surface area contributed by atoms with Gasteiger partial charge in [0.25, 0.3) is 0 Å². The highest BCUT2D eigenvalue weighted by atomic mass is 32.2. The monoisotopic (exact) mass is 179 g/mol. The third-order valence-electron chi connectivity index (χ3n) is 2.46. The molecule has 1 aliphatic carbocycles. The minimum atomic E-state index is -2.62. The van der Waals surface area contributed by atoms with Gasteiger partial charge in [-0.1, -0.05) is 26.7 Å². The number of hydrogen-bond donors (Lipinski definition) is 2. The highest BCUT2D eigenvalue weighted by molar-refractivity contribution is 7.69. The van der Waals surface area contributed by atoms with Gasteiger partial charge >= 0.3 is 0 Å². The Bertz CT molecular complexity index is 159. The summed E-state index contributed by atoms with van der Waals surface area (Å²) in [5, 5.41) is 4.06. The molecule has 4 heteroatoms. The second kappa shape index (κ2) is 4.72. The van der Waals surface area contributed by atoms with Crippen molar-refractivity contribution in [1.82, 2.24) is 0 Å². The van der Waals surface area contributed by atoms with E-state index in [1.807, 2.05) is 0 Å². The molecule has 3 nitrogen and oxygen atoms in total. The van der Waals surface area contributed by atoms with Gasteiger partial charge in [-0.15, -0.1) is 0 Å². The van der Waals surface area contributed by atoms with Crippen molar-refractivity contribution >= 4 is 10.9 Å². The van der Waals surface area contributed by atoms with E-state index in [4.69, 9.17) is 8.42 Å². The molecule has 0 radical (unpaired) electrons. The minimum Gasteiger partial charge on any atom is -0.231 e. The fraction of sp³-hybridized carbons (Fsp3) is 1.00. The summed E-state index contributed by atoms with van der Waals surface area (Å²) in [5.41, 5.74) is 0.833. The van der Waals surface area contributed by atoms with Crippen LogP contribution in [0, 0.1) is 5.41 Å². The summed E-state index contributed by atoms with van der Waals surface area (Å²) in [6, 6.07) is 0. The molecule has 0 aliphatic heterocycles. The number of thiol groups is 1. The van der Waals surface area contributed by atoms with Crippen LogP contribution in [0.2, 0.25) is 0 Å². The molecule has 1 fully saturated rings. The van der Waals surface area contributed by atoms with Crippen molar-refractivity contribution in [2.45, 2.75) is 39.5 Å². The lowest BCUT2D eigenvalue weighted by Crippen LogP contribution is -1.92. The van der Waals surface area contributed by atoms with Crippen molar-refractivity contribution in [3.05, 3.63) is 0 Å². The maximum atomic E-state index is 8.81. The summed E-state index contributed by atoms with van der Waals surface area (Å²) < 4.78 is 17.6. The number of hydrogen-bond acceptors (Lipinski definition) is 2. The van der Waals surface area contributed by atoms with Crippen LogP contribution in [0.15, 0.2) is 0 Å². The van der Waals surface area contributed by atoms with E-state index in [9.17, 15) is 0 Å². The third kappa shape index (κ3) is 5.21. The Hall–Kier alpha value is -0.0900. The van der Waals surface area contributed by atoms with E-state index in [0.717, 1.165) is 5.41 Å². The molecule has 0 amide bonds. The Balaban J connectivity index is 0.000000218. The summed E-state index contributed by atoms with van der Waals surface area (Å²) in [6.07, 6.45) is 5.81. The molecule has 1 aliphatic rings. The molecule has 0 atom stereocenters. The average Bonchev–Trinajstić information content (AvgIpc) is 2.66. The van der Waals surface area contributed by atoms with Crippen molar-refractivity contribution in [3.8, 4) is 0 Å². The predicted molar refractivity (Wildman–Crippen MR) is 46.8 cm³/mol. The van der Waals surface area contributed by atoms with Gasteiger partial charge in [0.1, 0.15) is 0 Å². The van der Waals surface area contributed by atoms with Gasteiger partial charge in [-0.25, -0.2) is 13.6 Å². The SMILES string of the molecule is CCC1(CC)CC1.N[SH](=O)=O. The fourth-order valence-electron chi connectivity index (χ4n) is 1.13. The maximum absolute atomic E-state index is 8.81. The molecule has 0 aromatic heterocycles. The van der Waals surface area contributed by atoms with Crippen LogP contribution >= 0.6 is 0 Å². The van der Waals surface area contributed by atoms with Crippen LogP contribution in [0.3, 0.4) is 0 Å². The molecule has 0 unspecified atom stereocenters. The van der Waals surface area contributed by atoms with E-state index in [1.54, 1.807) is 0 Å². The molecule has 0 aromatic rings. The van der Waals surface area contributed by atoms with Gasteiger partial charge in [-0.3, -0.25) is 0 Å². The van der Waals surface area contributed by atoms with Crippen molar-refractivity contribution in [1.29, 1.82) is 0 Å². The molecule has 1 saturated carbocycles. The third-order valence-corrected chi connectivity index (χ3v) is 2.46. The Morgan fingerprint density at radius 2 is 1.55 bits per heavy atom. The normalized spacial score (nSPS) is 18.9. The van der Waals surface area contributed by atoms with Crippen LogP contribution in [0.4, 0.5) is 0 Å². The van der Waals surface area contributed by atoms with Crippen molar-refractivity contribution in [2.75, 3.05) is 0 Å². The van der Waals surface area contributed by atoms with Gasteiger partial charge in [0.05, 0.1) is 0 Å². The van der Waals surface area contributed by atoms with Crippen LogP contribution in [-0.2, 0) is 10.9 Å². The molecule has 0 saturated heterocycles. The van der Waals surface area contributed by atoms with E-state index >= 15 is 0 Å². The largest absolute Gasteiger partial charge is 0.231 e. The van der Waals surface area contributed by atoms with Crippen LogP contribution in [0.5, 0.6) is 0 Å². The molecule has 0 aromatic carbocycles. The summed E-state index contributed by atoms with van der Waals surface area (Å²) in [4.78, 5) is 0. The summed E-state index contributed by atoms with van der Waals surface area (Å²) in [6.45, 7) is 4.60. The summed E-state index contributed by atoms with van der Waals surface area (Å²) in [7, 11) is -2.62. The maximum Gasteiger partial charge on any atom is 0.198 e. The first kappa shape index (κ1) is 10.9. The van der Waals surface area contributed by atoms with Crippen molar-refractivity contribution in [3.63, 3.8) is 0 Å². The van der Waals surface area contributed by atoms with E-state index in [1.165, 1.54) is 25.7 Å². The van der Waals surface area contributed by atoms with E-state index < -0.39 is 10.9 Å². The lowest BCUT2D eigenvalue weighted by Gasteiger charge is -2.04. The van der Waals surface area contributed by atoms with Gasteiger partial charge in [0, 0.05) is 0 Å². The topological polar surface area (TPSA) is 60.2 Å². The molecule has 11 heavy (non-hydrogen) atoms. The Morgan fingerprint density at radius 3 is 1.55 bits per heavy atom. The first-order chi connectivity index (χ1) is 5.06. The molecule has 1 rings (SSSR count). The van der Waals surface area contributed by atoms with Gasteiger partial charge < -0.3 is 0 Å². The number of rotatable bonds is 2. The standard InChI is InChI=1S/C7H14.H3NO2S/c1-3-7(4-2)5-6-7;1-4(2)3/h3-6H2,1-2H3;4H,(H2,1,2,3). The first-order valence-corrected chi connectivity index (χ1v) is 5.20. The van der Waals surface area contributed by atoms with E-state index in [2.05, 4.69) is 19.0 Å². The minimum absolute atomic E-state index is 0.833. The van der Waals surface area contributed by atoms with Crippen molar-refractivity contribution < 1.29 is 8.42 Å². The second-order valence-electron chi connectivity index (χ2n) is 2.99. The molecule has 0 spiro atoms. The van der Waals surface area contributed by atoms with Gasteiger partial charge in [-0.05, 0) is 18.3 Å². The molecular weight excluding hydrogens is 162 g/mol. The van der Waals surface area contributed by atoms with Crippen LogP contribution in [-0.4, -0.2) is 8.42 Å². The second-order valence-corrected chi connectivity index (χ2v) is 3.56. The zero-order chi connectivity index (χ0) is 8.91. The molecule has 0 bridgehead atoms.